The Morgan fingerprint density at radius 3 is 2.26 bits per heavy atom. The Balaban J connectivity index is 2.08. The molecule has 0 radical (unpaired) electrons. The van der Waals surface area contributed by atoms with Crippen molar-refractivity contribution >= 4 is 21.7 Å². The van der Waals surface area contributed by atoms with E-state index in [1.54, 1.807) is 18.2 Å². The molecule has 5 N–H and O–H groups in total. The number of phenolic OH excluding ortho intramolecular Hbond substituents is 1. The molecule has 0 heterocycles. The second-order valence-electron chi connectivity index (χ2n) is 6.83. The molecule has 2 aromatic rings. The number of carbonyl (C=O) groups is 1. The Labute approximate surface area is 180 Å². The van der Waals surface area contributed by atoms with Gasteiger partial charge in [0, 0.05) is 13.1 Å². The zero-order valence-corrected chi connectivity index (χ0v) is 18.1. The molecule has 0 aliphatic heterocycles. The number of sulfonamides is 1. The Kier molecular flexibility index (Phi) is 8.08. The lowest BCUT2D eigenvalue weighted by atomic mass is 9.98. The minimum atomic E-state index is -3.61. The van der Waals surface area contributed by atoms with Crippen LogP contribution in [0.1, 0.15) is 23.1 Å². The molecule has 31 heavy (non-hydrogen) atoms. The lowest BCUT2D eigenvalue weighted by molar-refractivity contribution is -0.138. The van der Waals surface area contributed by atoms with Crippen LogP contribution < -0.4 is 19.5 Å². The number of benzene rings is 2. The number of aliphatic hydroxyl groups is 1. The zero-order chi connectivity index (χ0) is 23.2. The first kappa shape index (κ1) is 24.3. The van der Waals surface area contributed by atoms with Crippen LogP contribution in [0.3, 0.4) is 0 Å². The molecule has 0 saturated carbocycles. The number of hydrogen-bond acceptors (Lipinski definition) is 8. The average molecular weight is 455 g/mol. The molecule has 0 amide bonds. The fraction of sp³-hybridized carbons (Fsp3) is 0.350. The molecule has 0 aliphatic rings. The van der Waals surface area contributed by atoms with Crippen LogP contribution in [0.25, 0.3) is 0 Å². The Hall–Kier alpha value is -3.02. The van der Waals surface area contributed by atoms with E-state index in [0.29, 0.717) is 22.6 Å². The van der Waals surface area contributed by atoms with Crippen molar-refractivity contribution in [3.05, 3.63) is 47.5 Å². The fourth-order valence-corrected chi connectivity index (χ4v) is 3.50. The zero-order valence-electron chi connectivity index (χ0n) is 17.3. The third-order valence-electron chi connectivity index (χ3n) is 4.49. The van der Waals surface area contributed by atoms with Gasteiger partial charge in [-0.25, -0.2) is 8.42 Å². The van der Waals surface area contributed by atoms with Crippen molar-refractivity contribution in [3.8, 4) is 17.2 Å². The number of nitrogens with one attached hydrogen (secondary N) is 2. The molecule has 11 heteroatoms. The first-order valence-corrected chi connectivity index (χ1v) is 11.1. The van der Waals surface area contributed by atoms with E-state index in [1.165, 1.54) is 32.4 Å². The van der Waals surface area contributed by atoms with Crippen LogP contribution in [0.5, 0.6) is 17.2 Å². The minimum absolute atomic E-state index is 0.000159. The van der Waals surface area contributed by atoms with Gasteiger partial charge in [0.15, 0.2) is 11.5 Å². The topological polar surface area (TPSA) is 154 Å². The van der Waals surface area contributed by atoms with E-state index in [1.807, 2.05) is 0 Å². The van der Waals surface area contributed by atoms with Gasteiger partial charge in [-0.05, 0) is 35.4 Å². The molecular weight excluding hydrogens is 428 g/mol. The van der Waals surface area contributed by atoms with E-state index in [4.69, 9.17) is 9.47 Å². The molecule has 170 valence electrons. The number of aliphatic hydroxyl groups excluding tert-OH is 1. The highest BCUT2D eigenvalue weighted by Crippen LogP contribution is 2.31. The summed E-state index contributed by atoms with van der Waals surface area (Å²) in [4.78, 5) is 11.7. The van der Waals surface area contributed by atoms with Gasteiger partial charge in [0.25, 0.3) is 0 Å². The molecule has 2 rings (SSSR count). The summed E-state index contributed by atoms with van der Waals surface area (Å²) in [6, 6.07) is 8.84. The summed E-state index contributed by atoms with van der Waals surface area (Å²) in [6.45, 7) is 0.0224. The summed E-state index contributed by atoms with van der Waals surface area (Å²) in [5, 5.41) is 32.7. The molecule has 10 nitrogen and oxygen atoms in total. The molecule has 2 unspecified atom stereocenters. The lowest BCUT2D eigenvalue weighted by Gasteiger charge is -2.18. The third-order valence-corrected chi connectivity index (χ3v) is 5.09. The van der Waals surface area contributed by atoms with Crippen LogP contribution in [0, 0.1) is 0 Å². The number of ether oxygens (including phenoxy) is 2. The van der Waals surface area contributed by atoms with Gasteiger partial charge in [-0.15, -0.1) is 0 Å². The number of aliphatic carboxylic acids is 1. The number of phenols is 1. The van der Waals surface area contributed by atoms with Crippen LogP contribution in [0.15, 0.2) is 36.4 Å². The van der Waals surface area contributed by atoms with Crippen molar-refractivity contribution in [3.63, 3.8) is 0 Å². The van der Waals surface area contributed by atoms with Gasteiger partial charge in [0.1, 0.15) is 5.75 Å². The molecule has 0 fully saturated rings. The maximum absolute atomic E-state index is 11.7. The first-order chi connectivity index (χ1) is 14.6. The quantitative estimate of drug-likeness (QED) is 0.316. The predicted molar refractivity (Wildman–Crippen MR) is 114 cm³/mol. The molecular formula is C20H26N2O8S. The average Bonchev–Trinajstić information content (AvgIpc) is 2.70. The number of carboxylic acids is 1. The van der Waals surface area contributed by atoms with Gasteiger partial charge in [0.05, 0.1) is 38.2 Å². The third kappa shape index (κ3) is 6.74. The summed E-state index contributed by atoms with van der Waals surface area (Å²) >= 11 is 0. The highest BCUT2D eigenvalue weighted by atomic mass is 32.2. The predicted octanol–water partition coefficient (Wildman–Crippen LogP) is 1.27. The molecule has 2 aromatic carbocycles. The normalized spacial score (nSPS) is 13.3. The van der Waals surface area contributed by atoms with E-state index in [9.17, 15) is 28.5 Å². The number of rotatable bonds is 11. The van der Waals surface area contributed by atoms with E-state index >= 15 is 0 Å². The second kappa shape index (κ2) is 10.3. The van der Waals surface area contributed by atoms with Gasteiger partial charge in [-0.2, -0.15) is 0 Å². The number of anilines is 1. The Bertz CT molecular complexity index is 1030. The fourth-order valence-electron chi connectivity index (χ4n) is 2.94. The van der Waals surface area contributed by atoms with Crippen LogP contribution in [0.2, 0.25) is 0 Å². The van der Waals surface area contributed by atoms with Gasteiger partial charge < -0.3 is 30.1 Å². The molecule has 0 aliphatic carbocycles. The number of methoxy groups -OCH3 is 2. The maximum Gasteiger partial charge on any atom is 0.312 e. The monoisotopic (exact) mass is 454 g/mol. The van der Waals surface area contributed by atoms with Crippen LogP contribution in [-0.2, 0) is 14.8 Å². The van der Waals surface area contributed by atoms with Gasteiger partial charge in [-0.1, -0.05) is 12.1 Å². The van der Waals surface area contributed by atoms with Crippen LogP contribution in [0.4, 0.5) is 5.69 Å². The second-order valence-corrected chi connectivity index (χ2v) is 8.58. The van der Waals surface area contributed by atoms with Gasteiger partial charge in [-0.3, -0.25) is 9.52 Å². The summed E-state index contributed by atoms with van der Waals surface area (Å²) in [7, 11) is -0.677. The Morgan fingerprint density at radius 2 is 1.68 bits per heavy atom. The smallest absolute Gasteiger partial charge is 0.312 e. The van der Waals surface area contributed by atoms with Crippen molar-refractivity contribution in [2.24, 2.45) is 0 Å². The lowest BCUT2D eigenvalue weighted by Crippen LogP contribution is -2.30. The summed E-state index contributed by atoms with van der Waals surface area (Å²) in [5.74, 6) is -1.37. The highest BCUT2D eigenvalue weighted by molar-refractivity contribution is 7.92. The van der Waals surface area contributed by atoms with Crippen molar-refractivity contribution in [2.45, 2.75) is 12.0 Å². The minimum Gasteiger partial charge on any atom is -0.506 e. The standard InChI is InChI=1S/C20H26N2O8S/c1-29-18-7-5-12(9-19(18)30-2)14(20(25)26)10-21-11-17(24)13-4-6-16(23)15(8-13)22-31(3,27)28/h4-9,14,17,21-24H,10-11H2,1-3H3,(H,25,26). The van der Waals surface area contributed by atoms with Crippen molar-refractivity contribution in [1.82, 2.24) is 5.32 Å². The number of aromatic hydroxyl groups is 1. The van der Waals surface area contributed by atoms with Crippen LogP contribution in [-0.4, -0.2) is 63.3 Å². The summed E-state index contributed by atoms with van der Waals surface area (Å²) < 4.78 is 35.3. The number of hydrogen-bond donors (Lipinski definition) is 5. The van der Waals surface area contributed by atoms with E-state index in [-0.39, 0.29) is 24.5 Å². The summed E-state index contributed by atoms with van der Waals surface area (Å²) in [6.07, 6.45) is -0.127. The Morgan fingerprint density at radius 1 is 1.03 bits per heavy atom. The highest BCUT2D eigenvalue weighted by Gasteiger charge is 2.22. The van der Waals surface area contributed by atoms with Crippen molar-refractivity contribution in [2.75, 3.05) is 38.3 Å². The number of carboxylic acid groups (broad SMARTS) is 1. The molecule has 2 atom stereocenters. The molecule has 0 bridgehead atoms. The SMILES string of the molecule is COc1ccc(C(CNCC(O)c2ccc(O)c(NS(C)(=O)=O)c2)C(=O)O)cc1OC. The van der Waals surface area contributed by atoms with Crippen LogP contribution >= 0.6 is 0 Å². The summed E-state index contributed by atoms with van der Waals surface area (Å²) in [5.41, 5.74) is 0.777. The molecule has 0 spiro atoms. The van der Waals surface area contributed by atoms with Crippen molar-refractivity contribution in [1.29, 1.82) is 0 Å². The van der Waals surface area contributed by atoms with E-state index in [2.05, 4.69) is 10.0 Å². The van der Waals surface area contributed by atoms with E-state index < -0.39 is 28.0 Å². The van der Waals surface area contributed by atoms with Gasteiger partial charge >= 0.3 is 5.97 Å². The molecule has 0 saturated heterocycles. The van der Waals surface area contributed by atoms with Crippen molar-refractivity contribution < 1.29 is 38.0 Å². The largest absolute Gasteiger partial charge is 0.506 e. The van der Waals surface area contributed by atoms with E-state index in [0.717, 1.165) is 6.26 Å². The maximum atomic E-state index is 11.7. The first-order valence-electron chi connectivity index (χ1n) is 9.20. The molecule has 0 aromatic heterocycles. The van der Waals surface area contributed by atoms with Gasteiger partial charge in [0.2, 0.25) is 10.0 Å².